The Balaban J connectivity index is 1.24. The van der Waals surface area contributed by atoms with Crippen LogP contribution in [0.5, 0.6) is 0 Å². The molecule has 2 aliphatic rings. The summed E-state index contributed by atoms with van der Waals surface area (Å²) < 4.78 is 1.66. The van der Waals surface area contributed by atoms with Gasteiger partial charge >= 0.3 is 5.69 Å². The number of nitrogens with one attached hydrogen (secondary N) is 2. The first-order valence-electron chi connectivity index (χ1n) is 11.7. The van der Waals surface area contributed by atoms with Gasteiger partial charge in [-0.1, -0.05) is 42.5 Å². The van der Waals surface area contributed by atoms with Crippen molar-refractivity contribution in [3.8, 4) is 22.5 Å². The number of carbonyl (C=O) groups excluding carboxylic acids is 1. The first-order valence-corrected chi connectivity index (χ1v) is 11.7. The Labute approximate surface area is 195 Å². The smallest absolute Gasteiger partial charge is 0.342 e. The van der Waals surface area contributed by atoms with E-state index in [1.807, 2.05) is 59.5 Å². The van der Waals surface area contributed by atoms with Crippen LogP contribution in [0, 0.1) is 11.8 Å². The van der Waals surface area contributed by atoms with Gasteiger partial charge in [-0.2, -0.15) is 5.10 Å². The van der Waals surface area contributed by atoms with Gasteiger partial charge < -0.3 is 9.88 Å². The normalized spacial score (nSPS) is 18.0. The third kappa shape index (κ3) is 3.75. The summed E-state index contributed by atoms with van der Waals surface area (Å²) in [6.45, 7) is 1.97. The molecule has 0 radical (unpaired) electrons. The van der Waals surface area contributed by atoms with Crippen molar-refractivity contribution >= 4 is 16.8 Å². The molecule has 6 rings (SSSR count). The lowest BCUT2D eigenvalue weighted by atomic mass is 10.0. The average molecular weight is 456 g/mol. The summed E-state index contributed by atoms with van der Waals surface area (Å²) in [5, 5.41) is 7.79. The summed E-state index contributed by atoms with van der Waals surface area (Å²) in [7, 11) is 0. The molecule has 4 aromatic rings. The van der Waals surface area contributed by atoms with Gasteiger partial charge in [-0.25, -0.2) is 9.89 Å². The molecule has 1 amide bonds. The summed E-state index contributed by atoms with van der Waals surface area (Å²) in [4.78, 5) is 42.4. The Morgan fingerprint density at radius 1 is 1.00 bits per heavy atom. The van der Waals surface area contributed by atoms with E-state index >= 15 is 0 Å². The molecule has 2 aromatic heterocycles. The fraction of sp³-hybridized carbons (Fsp3) is 0.308. The van der Waals surface area contributed by atoms with Crippen LogP contribution in [0.25, 0.3) is 33.4 Å². The number of carbonyl (C=O) groups is 1. The molecule has 1 aliphatic carbocycles. The molecule has 2 fully saturated rings. The number of hydrogen-bond donors (Lipinski definition) is 2. The van der Waals surface area contributed by atoms with Gasteiger partial charge in [0, 0.05) is 42.2 Å². The summed E-state index contributed by atoms with van der Waals surface area (Å²) in [6.07, 6.45) is 2.90. The molecule has 1 aliphatic heterocycles. The molecule has 3 heterocycles. The van der Waals surface area contributed by atoms with Gasteiger partial charge in [0.2, 0.25) is 5.91 Å². The topological polar surface area (TPSA) is 104 Å². The van der Waals surface area contributed by atoms with Crippen molar-refractivity contribution in [3.05, 3.63) is 75.4 Å². The highest BCUT2D eigenvalue weighted by molar-refractivity contribution is 5.83. The van der Waals surface area contributed by atoms with E-state index in [-0.39, 0.29) is 29.0 Å². The van der Waals surface area contributed by atoms with Crippen LogP contribution in [-0.4, -0.2) is 43.6 Å². The summed E-state index contributed by atoms with van der Waals surface area (Å²) in [6, 6.07) is 17.1. The summed E-state index contributed by atoms with van der Waals surface area (Å²) >= 11 is 0. The maximum Gasteiger partial charge on any atom is 0.343 e. The molecule has 1 saturated carbocycles. The molecular formula is C26H25N5O3. The minimum absolute atomic E-state index is 0.144. The molecule has 1 saturated heterocycles. The molecule has 34 heavy (non-hydrogen) atoms. The van der Waals surface area contributed by atoms with Crippen LogP contribution in [0.3, 0.4) is 0 Å². The molecule has 1 unspecified atom stereocenters. The number of para-hydroxylation sites is 1. The number of amides is 1. The van der Waals surface area contributed by atoms with Crippen LogP contribution in [-0.2, 0) is 11.3 Å². The van der Waals surface area contributed by atoms with Gasteiger partial charge in [-0.05, 0) is 48.3 Å². The second-order valence-corrected chi connectivity index (χ2v) is 9.35. The molecule has 2 aromatic carbocycles. The number of likely N-dealkylation sites (tertiary alicyclic amines) is 1. The van der Waals surface area contributed by atoms with Crippen LogP contribution >= 0.6 is 0 Å². The van der Waals surface area contributed by atoms with Crippen molar-refractivity contribution in [3.63, 3.8) is 0 Å². The maximum atomic E-state index is 12.6. The standard InChI is InChI=1S/C26H25N5O3/c32-24-21(13-20-3-1-2-4-22(20)27-24)17-5-7-18(8-6-17)23-28-29-26(34)31(23)15-16-11-12-30(14-16)25(33)19-9-10-19/h1-8,13,16,19H,9-12,14-15H2,(H,27,32)(H,29,34). The average Bonchev–Trinajstić information content (AvgIpc) is 3.50. The molecule has 0 spiro atoms. The van der Waals surface area contributed by atoms with Crippen molar-refractivity contribution < 1.29 is 4.79 Å². The van der Waals surface area contributed by atoms with Gasteiger partial charge in [0.1, 0.15) is 0 Å². The third-order valence-corrected chi connectivity index (χ3v) is 6.93. The lowest BCUT2D eigenvalue weighted by Gasteiger charge is -2.16. The first-order chi connectivity index (χ1) is 16.6. The highest BCUT2D eigenvalue weighted by Crippen LogP contribution is 2.33. The first kappa shape index (κ1) is 20.7. The quantitative estimate of drug-likeness (QED) is 0.483. The monoisotopic (exact) mass is 455 g/mol. The van der Waals surface area contributed by atoms with E-state index in [2.05, 4.69) is 15.2 Å². The van der Waals surface area contributed by atoms with E-state index in [0.29, 0.717) is 24.5 Å². The zero-order valence-electron chi connectivity index (χ0n) is 18.7. The predicted octanol–water partition coefficient (Wildman–Crippen LogP) is 3.01. The van der Waals surface area contributed by atoms with Crippen molar-refractivity contribution in [2.75, 3.05) is 13.1 Å². The lowest BCUT2D eigenvalue weighted by Crippen LogP contribution is -2.31. The van der Waals surface area contributed by atoms with Gasteiger partial charge in [0.05, 0.1) is 0 Å². The highest BCUT2D eigenvalue weighted by atomic mass is 16.2. The Hall–Kier alpha value is -3.94. The van der Waals surface area contributed by atoms with Gasteiger partial charge in [0.15, 0.2) is 5.82 Å². The van der Waals surface area contributed by atoms with E-state index < -0.39 is 0 Å². The molecule has 8 nitrogen and oxygen atoms in total. The number of fused-ring (bicyclic) bond motifs is 1. The highest BCUT2D eigenvalue weighted by Gasteiger charge is 2.36. The number of nitrogens with zero attached hydrogens (tertiary/aromatic N) is 3. The molecule has 1 atom stereocenters. The summed E-state index contributed by atoms with van der Waals surface area (Å²) in [5.74, 6) is 1.28. The number of H-pyrrole nitrogens is 2. The van der Waals surface area contributed by atoms with Gasteiger partial charge in [-0.15, -0.1) is 0 Å². The Morgan fingerprint density at radius 3 is 2.56 bits per heavy atom. The van der Waals surface area contributed by atoms with Crippen molar-refractivity contribution in [2.45, 2.75) is 25.8 Å². The fourth-order valence-corrected chi connectivity index (χ4v) is 4.90. The molecule has 172 valence electrons. The summed E-state index contributed by atoms with van der Waals surface area (Å²) in [5.41, 5.74) is 2.59. The maximum absolute atomic E-state index is 12.6. The van der Waals surface area contributed by atoms with Crippen LogP contribution in [0.1, 0.15) is 19.3 Å². The number of pyridine rings is 1. The Kier molecular flexibility index (Phi) is 4.94. The molecule has 0 bridgehead atoms. The Bertz CT molecular complexity index is 1490. The van der Waals surface area contributed by atoms with Crippen LogP contribution < -0.4 is 11.2 Å². The van der Waals surface area contributed by atoms with E-state index in [1.54, 1.807) is 4.57 Å². The second-order valence-electron chi connectivity index (χ2n) is 9.35. The second kappa shape index (κ2) is 8.13. The van der Waals surface area contributed by atoms with Crippen molar-refractivity contribution in [1.29, 1.82) is 0 Å². The third-order valence-electron chi connectivity index (χ3n) is 6.93. The molecular weight excluding hydrogens is 430 g/mol. The zero-order chi connectivity index (χ0) is 23.2. The minimum atomic E-state index is -0.253. The predicted molar refractivity (Wildman–Crippen MR) is 129 cm³/mol. The van der Waals surface area contributed by atoms with Crippen molar-refractivity contribution in [1.82, 2.24) is 24.6 Å². The SMILES string of the molecule is O=C(C1CC1)N1CCC(Cn2c(-c3ccc(-c4cc5ccccc5[nH]c4=O)cc3)n[nH]c2=O)C1. The van der Waals surface area contributed by atoms with Gasteiger partial charge in [-0.3, -0.25) is 14.2 Å². The van der Waals surface area contributed by atoms with E-state index in [1.165, 1.54) is 0 Å². The fourth-order valence-electron chi connectivity index (χ4n) is 4.90. The lowest BCUT2D eigenvalue weighted by molar-refractivity contribution is -0.131. The number of rotatable bonds is 5. The molecule has 8 heteroatoms. The Morgan fingerprint density at radius 2 is 1.76 bits per heavy atom. The number of aromatic nitrogens is 4. The zero-order valence-corrected chi connectivity index (χ0v) is 18.7. The van der Waals surface area contributed by atoms with Crippen LogP contribution in [0.2, 0.25) is 0 Å². The van der Waals surface area contributed by atoms with Crippen LogP contribution in [0.15, 0.2) is 64.2 Å². The van der Waals surface area contributed by atoms with Crippen LogP contribution in [0.4, 0.5) is 0 Å². The van der Waals surface area contributed by atoms with Crippen molar-refractivity contribution in [2.24, 2.45) is 11.8 Å². The van der Waals surface area contributed by atoms with Gasteiger partial charge in [0.25, 0.3) is 5.56 Å². The van der Waals surface area contributed by atoms with E-state index in [4.69, 9.17) is 0 Å². The number of aromatic amines is 2. The number of benzene rings is 2. The number of hydrogen-bond acceptors (Lipinski definition) is 4. The van der Waals surface area contributed by atoms with E-state index in [9.17, 15) is 14.4 Å². The van der Waals surface area contributed by atoms with E-state index in [0.717, 1.165) is 47.8 Å². The minimum Gasteiger partial charge on any atom is -0.342 e. The molecule has 2 N–H and O–H groups in total. The largest absolute Gasteiger partial charge is 0.343 e.